The van der Waals surface area contributed by atoms with Crippen LogP contribution in [-0.2, 0) is 13.0 Å². The van der Waals surface area contributed by atoms with E-state index >= 15 is 0 Å². The van der Waals surface area contributed by atoms with Gasteiger partial charge in [-0.15, -0.1) is 0 Å². The van der Waals surface area contributed by atoms with Crippen molar-refractivity contribution in [3.63, 3.8) is 0 Å². The van der Waals surface area contributed by atoms with Crippen LogP contribution in [0.2, 0.25) is 0 Å². The van der Waals surface area contributed by atoms with E-state index in [-0.39, 0.29) is 0 Å². The zero-order valence-electron chi connectivity index (χ0n) is 10.3. The lowest BCUT2D eigenvalue weighted by Crippen LogP contribution is -2.29. The summed E-state index contributed by atoms with van der Waals surface area (Å²) >= 11 is 1.74. The molecule has 2 aromatic rings. The minimum absolute atomic E-state index is 0.441. The molecule has 0 bridgehead atoms. The summed E-state index contributed by atoms with van der Waals surface area (Å²) in [6, 6.07) is 10.9. The zero-order chi connectivity index (χ0) is 12.9. The Bertz CT molecular complexity index is 541. The van der Waals surface area contributed by atoms with Gasteiger partial charge in [-0.3, -0.25) is 4.99 Å². The molecule has 1 unspecified atom stereocenters. The van der Waals surface area contributed by atoms with Crippen LogP contribution in [0.25, 0.3) is 0 Å². The Labute approximate surface area is 115 Å². The van der Waals surface area contributed by atoms with Crippen molar-refractivity contribution in [1.82, 2.24) is 15.5 Å². The molecule has 1 saturated heterocycles. The Hall–Kier alpha value is -1.82. The average Bonchev–Trinajstić information content (AvgIpc) is 3.09. The van der Waals surface area contributed by atoms with Gasteiger partial charge >= 0.3 is 0 Å². The van der Waals surface area contributed by atoms with E-state index < -0.39 is 0 Å². The number of aromatic nitrogens is 2. The second-order valence-electron chi connectivity index (χ2n) is 4.31. The lowest BCUT2D eigenvalue weighted by Gasteiger charge is -2.09. The SMILES string of the molecule is c1ccc(CC2CSC(=NCc3ncon3)N2)cc1. The van der Waals surface area contributed by atoms with Crippen molar-refractivity contribution in [2.45, 2.75) is 19.0 Å². The number of hydrogen-bond donors (Lipinski definition) is 1. The molecule has 0 aliphatic carbocycles. The maximum atomic E-state index is 4.67. The molecule has 2 heterocycles. The van der Waals surface area contributed by atoms with Crippen LogP contribution in [0.4, 0.5) is 0 Å². The van der Waals surface area contributed by atoms with Crippen molar-refractivity contribution in [3.05, 3.63) is 48.1 Å². The smallest absolute Gasteiger partial charge is 0.213 e. The van der Waals surface area contributed by atoms with E-state index in [0.29, 0.717) is 18.4 Å². The van der Waals surface area contributed by atoms with Crippen LogP contribution in [0, 0.1) is 0 Å². The number of benzene rings is 1. The molecule has 0 spiro atoms. The molecule has 1 aromatic heterocycles. The summed E-state index contributed by atoms with van der Waals surface area (Å²) in [5, 5.41) is 8.13. The van der Waals surface area contributed by atoms with Crippen LogP contribution < -0.4 is 5.32 Å². The van der Waals surface area contributed by atoms with Crippen LogP contribution in [0.3, 0.4) is 0 Å². The predicted octanol–water partition coefficient (Wildman–Crippen LogP) is 1.87. The Morgan fingerprint density at radius 3 is 3.05 bits per heavy atom. The number of nitrogens with zero attached hydrogens (tertiary/aromatic N) is 3. The molecule has 19 heavy (non-hydrogen) atoms. The van der Waals surface area contributed by atoms with E-state index in [4.69, 9.17) is 0 Å². The maximum Gasteiger partial charge on any atom is 0.213 e. The highest BCUT2D eigenvalue weighted by atomic mass is 32.2. The summed E-state index contributed by atoms with van der Waals surface area (Å²) in [5.41, 5.74) is 1.35. The standard InChI is InChI=1S/C13H14N4OS/c1-2-4-10(5-3-1)6-11-8-19-13(16-11)14-7-12-15-9-18-17-12/h1-5,9,11H,6-8H2,(H,14,16). The van der Waals surface area contributed by atoms with E-state index in [0.717, 1.165) is 17.3 Å². The van der Waals surface area contributed by atoms with Crippen LogP contribution in [0.5, 0.6) is 0 Å². The number of nitrogens with one attached hydrogen (secondary N) is 1. The molecule has 98 valence electrons. The molecule has 6 heteroatoms. The van der Waals surface area contributed by atoms with Gasteiger partial charge < -0.3 is 9.84 Å². The molecule has 1 aliphatic rings. The third-order valence-electron chi connectivity index (χ3n) is 2.84. The van der Waals surface area contributed by atoms with Gasteiger partial charge in [0.2, 0.25) is 6.39 Å². The van der Waals surface area contributed by atoms with E-state index in [1.807, 2.05) is 6.07 Å². The molecule has 5 nitrogen and oxygen atoms in total. The number of hydrogen-bond acceptors (Lipinski definition) is 5. The maximum absolute atomic E-state index is 4.67. The monoisotopic (exact) mass is 274 g/mol. The van der Waals surface area contributed by atoms with Gasteiger partial charge in [-0.1, -0.05) is 47.3 Å². The summed E-state index contributed by atoms with van der Waals surface area (Å²) < 4.78 is 4.67. The summed E-state index contributed by atoms with van der Waals surface area (Å²) in [6.07, 6.45) is 2.35. The summed E-state index contributed by atoms with van der Waals surface area (Å²) in [7, 11) is 0. The first kappa shape index (κ1) is 12.2. The quantitative estimate of drug-likeness (QED) is 0.922. The number of aliphatic imine (C=N–C) groups is 1. The molecule has 0 radical (unpaired) electrons. The highest BCUT2D eigenvalue weighted by Gasteiger charge is 2.20. The fourth-order valence-corrected chi connectivity index (χ4v) is 2.91. The molecule has 1 atom stereocenters. The van der Waals surface area contributed by atoms with Crippen molar-refractivity contribution >= 4 is 16.9 Å². The second-order valence-corrected chi connectivity index (χ2v) is 5.32. The number of rotatable bonds is 4. The van der Waals surface area contributed by atoms with Crippen molar-refractivity contribution in [2.75, 3.05) is 5.75 Å². The topological polar surface area (TPSA) is 63.3 Å². The van der Waals surface area contributed by atoms with Crippen molar-refractivity contribution in [3.8, 4) is 0 Å². The van der Waals surface area contributed by atoms with E-state index in [2.05, 4.69) is 49.2 Å². The summed E-state index contributed by atoms with van der Waals surface area (Å²) in [6.45, 7) is 0.462. The van der Waals surface area contributed by atoms with Crippen molar-refractivity contribution in [1.29, 1.82) is 0 Å². The first-order valence-electron chi connectivity index (χ1n) is 6.13. The third kappa shape index (κ3) is 3.35. The van der Waals surface area contributed by atoms with Crippen LogP contribution in [0.1, 0.15) is 11.4 Å². The predicted molar refractivity (Wildman–Crippen MR) is 75.0 cm³/mol. The second kappa shape index (κ2) is 5.88. The zero-order valence-corrected chi connectivity index (χ0v) is 11.1. The minimum Gasteiger partial charge on any atom is -0.361 e. The largest absolute Gasteiger partial charge is 0.361 e. The Morgan fingerprint density at radius 2 is 2.26 bits per heavy atom. The molecule has 1 fully saturated rings. The van der Waals surface area contributed by atoms with Gasteiger partial charge in [0.25, 0.3) is 0 Å². The van der Waals surface area contributed by atoms with Crippen LogP contribution in [0.15, 0.2) is 46.2 Å². The van der Waals surface area contributed by atoms with Gasteiger partial charge in [0.15, 0.2) is 11.0 Å². The van der Waals surface area contributed by atoms with Crippen molar-refractivity contribution in [2.24, 2.45) is 4.99 Å². The first-order valence-corrected chi connectivity index (χ1v) is 7.11. The normalized spacial score (nSPS) is 20.6. The van der Waals surface area contributed by atoms with E-state index in [9.17, 15) is 0 Å². The van der Waals surface area contributed by atoms with Gasteiger partial charge in [-0.25, -0.2) is 0 Å². The van der Waals surface area contributed by atoms with Gasteiger partial charge in [-0.05, 0) is 12.0 Å². The van der Waals surface area contributed by atoms with Gasteiger partial charge in [0.05, 0.1) is 0 Å². The Morgan fingerprint density at radius 1 is 1.37 bits per heavy atom. The van der Waals surface area contributed by atoms with E-state index in [1.165, 1.54) is 12.0 Å². The molecule has 1 N–H and O–H groups in total. The lowest BCUT2D eigenvalue weighted by molar-refractivity contribution is 0.410. The molecule has 0 saturated carbocycles. The summed E-state index contributed by atoms with van der Waals surface area (Å²) in [5.74, 6) is 1.65. The minimum atomic E-state index is 0.441. The average molecular weight is 274 g/mol. The molecule has 1 aromatic carbocycles. The molecule has 1 aliphatic heterocycles. The summed E-state index contributed by atoms with van der Waals surface area (Å²) in [4.78, 5) is 8.38. The number of thioether (sulfide) groups is 1. The fourth-order valence-electron chi connectivity index (χ4n) is 1.94. The first-order chi connectivity index (χ1) is 9.40. The molecule has 3 rings (SSSR count). The fraction of sp³-hybridized carbons (Fsp3) is 0.308. The van der Waals surface area contributed by atoms with Crippen LogP contribution >= 0.6 is 11.8 Å². The molecular weight excluding hydrogens is 260 g/mol. The highest BCUT2D eigenvalue weighted by Crippen LogP contribution is 2.17. The highest BCUT2D eigenvalue weighted by molar-refractivity contribution is 8.14. The molecular formula is C13H14N4OS. The molecule has 0 amide bonds. The van der Waals surface area contributed by atoms with Gasteiger partial charge in [-0.2, -0.15) is 4.98 Å². The Balaban J connectivity index is 1.54. The third-order valence-corrected chi connectivity index (χ3v) is 3.93. The Kier molecular flexibility index (Phi) is 3.78. The van der Waals surface area contributed by atoms with E-state index in [1.54, 1.807) is 11.8 Å². The van der Waals surface area contributed by atoms with Gasteiger partial charge in [0, 0.05) is 11.8 Å². The van der Waals surface area contributed by atoms with Gasteiger partial charge in [0.1, 0.15) is 6.54 Å². The van der Waals surface area contributed by atoms with Crippen LogP contribution in [-0.4, -0.2) is 27.1 Å². The lowest BCUT2D eigenvalue weighted by atomic mass is 10.1. The van der Waals surface area contributed by atoms with Crippen molar-refractivity contribution < 1.29 is 4.52 Å². The number of amidine groups is 1.